The summed E-state index contributed by atoms with van der Waals surface area (Å²) in [5.74, 6) is 0. The highest BCUT2D eigenvalue weighted by molar-refractivity contribution is 5.47. The standard InChI is InChI=1S/C28H25NO2/c1-30-21-20-26-18-11-19-27(29-26)22-31-28(23-12-5-2-6-13-23,24-14-7-3-8-15-24)25-16-9-4-10-17-25/h2-21H,22H2,1H3. The first kappa shape index (κ1) is 20.6. The second-order valence-corrected chi connectivity index (χ2v) is 7.16. The number of ether oxygens (including phenoxy) is 2. The second kappa shape index (κ2) is 9.88. The predicted molar refractivity (Wildman–Crippen MR) is 124 cm³/mol. The summed E-state index contributed by atoms with van der Waals surface area (Å²) in [5.41, 5.74) is 4.13. The van der Waals surface area contributed by atoms with Crippen LogP contribution in [0.5, 0.6) is 0 Å². The maximum absolute atomic E-state index is 6.82. The third kappa shape index (κ3) is 4.57. The second-order valence-electron chi connectivity index (χ2n) is 7.16. The van der Waals surface area contributed by atoms with Crippen molar-refractivity contribution >= 4 is 6.08 Å². The smallest absolute Gasteiger partial charge is 0.144 e. The third-order valence-electron chi connectivity index (χ3n) is 5.18. The molecule has 0 radical (unpaired) electrons. The molecule has 0 amide bonds. The van der Waals surface area contributed by atoms with E-state index in [4.69, 9.17) is 14.5 Å². The number of benzene rings is 3. The molecule has 0 saturated carbocycles. The lowest BCUT2D eigenvalue weighted by atomic mass is 9.80. The van der Waals surface area contributed by atoms with E-state index in [1.807, 2.05) is 78.9 Å². The average Bonchev–Trinajstić information content (AvgIpc) is 2.85. The number of methoxy groups -OCH3 is 1. The molecule has 31 heavy (non-hydrogen) atoms. The molecule has 154 valence electrons. The van der Waals surface area contributed by atoms with Gasteiger partial charge in [0.15, 0.2) is 0 Å². The van der Waals surface area contributed by atoms with Gasteiger partial charge in [-0.3, -0.25) is 4.98 Å². The quantitative estimate of drug-likeness (QED) is 0.257. The predicted octanol–water partition coefficient (Wildman–Crippen LogP) is 6.21. The van der Waals surface area contributed by atoms with Gasteiger partial charge in [-0.15, -0.1) is 0 Å². The molecule has 0 aliphatic carbocycles. The third-order valence-corrected chi connectivity index (χ3v) is 5.18. The number of pyridine rings is 1. The fraction of sp³-hybridized carbons (Fsp3) is 0.107. The van der Waals surface area contributed by atoms with Crippen LogP contribution in [0.4, 0.5) is 0 Å². The molecule has 0 bridgehead atoms. The normalized spacial score (nSPS) is 11.5. The maximum Gasteiger partial charge on any atom is 0.144 e. The molecular weight excluding hydrogens is 382 g/mol. The Morgan fingerprint density at radius 2 is 1.19 bits per heavy atom. The maximum atomic E-state index is 6.82. The molecule has 4 aromatic rings. The van der Waals surface area contributed by atoms with Gasteiger partial charge in [0.25, 0.3) is 0 Å². The molecule has 0 unspecified atom stereocenters. The summed E-state index contributed by atoms with van der Waals surface area (Å²) >= 11 is 0. The Bertz CT molecular complexity index is 1010. The molecule has 3 nitrogen and oxygen atoms in total. The highest BCUT2D eigenvalue weighted by Gasteiger charge is 2.37. The fourth-order valence-electron chi connectivity index (χ4n) is 3.76. The van der Waals surface area contributed by atoms with Crippen LogP contribution in [0.1, 0.15) is 28.1 Å². The van der Waals surface area contributed by atoms with Gasteiger partial charge in [-0.1, -0.05) is 97.1 Å². The Kier molecular flexibility index (Phi) is 6.56. The molecule has 1 heterocycles. The molecule has 0 fully saturated rings. The summed E-state index contributed by atoms with van der Waals surface area (Å²) in [7, 11) is 1.62. The molecule has 0 aliphatic rings. The monoisotopic (exact) mass is 407 g/mol. The molecule has 0 spiro atoms. The lowest BCUT2D eigenvalue weighted by molar-refractivity contribution is -0.00141. The molecule has 1 aromatic heterocycles. The van der Waals surface area contributed by atoms with Crippen molar-refractivity contribution in [1.29, 1.82) is 0 Å². The van der Waals surface area contributed by atoms with Crippen molar-refractivity contribution in [2.75, 3.05) is 7.11 Å². The van der Waals surface area contributed by atoms with E-state index in [0.717, 1.165) is 28.1 Å². The van der Waals surface area contributed by atoms with Crippen LogP contribution >= 0.6 is 0 Å². The van der Waals surface area contributed by atoms with E-state index in [2.05, 4.69) is 36.4 Å². The van der Waals surface area contributed by atoms with Crippen molar-refractivity contribution in [1.82, 2.24) is 4.98 Å². The average molecular weight is 408 g/mol. The Balaban J connectivity index is 1.80. The van der Waals surface area contributed by atoms with Crippen molar-refractivity contribution in [3.05, 3.63) is 144 Å². The summed E-state index contributed by atoms with van der Waals surface area (Å²) in [6.45, 7) is 0.355. The van der Waals surface area contributed by atoms with Crippen molar-refractivity contribution in [2.24, 2.45) is 0 Å². The zero-order valence-electron chi connectivity index (χ0n) is 17.5. The molecule has 0 aliphatic heterocycles. The van der Waals surface area contributed by atoms with Crippen molar-refractivity contribution in [3.8, 4) is 0 Å². The molecule has 3 aromatic carbocycles. The minimum atomic E-state index is -0.760. The van der Waals surface area contributed by atoms with Crippen molar-refractivity contribution in [3.63, 3.8) is 0 Å². The van der Waals surface area contributed by atoms with Crippen LogP contribution in [0.15, 0.2) is 115 Å². The highest BCUT2D eigenvalue weighted by Crippen LogP contribution is 2.40. The number of rotatable bonds is 8. The van der Waals surface area contributed by atoms with Gasteiger partial charge in [0.05, 0.1) is 31.4 Å². The van der Waals surface area contributed by atoms with Crippen LogP contribution in [0.3, 0.4) is 0 Å². The van der Waals surface area contributed by atoms with Crippen molar-refractivity contribution in [2.45, 2.75) is 12.2 Å². The largest absolute Gasteiger partial charge is 0.504 e. The van der Waals surface area contributed by atoms with E-state index in [1.165, 1.54) is 0 Å². The topological polar surface area (TPSA) is 31.4 Å². The van der Waals surface area contributed by atoms with Gasteiger partial charge >= 0.3 is 0 Å². The van der Waals surface area contributed by atoms with E-state index >= 15 is 0 Å². The Morgan fingerprint density at radius 3 is 1.68 bits per heavy atom. The fourth-order valence-corrected chi connectivity index (χ4v) is 3.76. The number of aromatic nitrogens is 1. The van der Waals surface area contributed by atoms with Gasteiger partial charge in [-0.05, 0) is 34.9 Å². The Labute approximate surface area is 183 Å². The zero-order chi connectivity index (χ0) is 21.4. The molecular formula is C28H25NO2. The van der Waals surface area contributed by atoms with Gasteiger partial charge < -0.3 is 9.47 Å². The summed E-state index contributed by atoms with van der Waals surface area (Å²) in [6.07, 6.45) is 3.46. The minimum Gasteiger partial charge on any atom is -0.504 e. The summed E-state index contributed by atoms with van der Waals surface area (Å²) in [6, 6.07) is 37.0. The summed E-state index contributed by atoms with van der Waals surface area (Å²) in [5, 5.41) is 0. The minimum absolute atomic E-state index is 0.355. The van der Waals surface area contributed by atoms with Crippen LogP contribution in [-0.4, -0.2) is 12.1 Å². The van der Waals surface area contributed by atoms with Crippen LogP contribution in [0, 0.1) is 0 Å². The molecule has 0 saturated heterocycles. The van der Waals surface area contributed by atoms with Crippen LogP contribution in [0.2, 0.25) is 0 Å². The first-order valence-electron chi connectivity index (χ1n) is 10.3. The molecule has 0 atom stereocenters. The van der Waals surface area contributed by atoms with E-state index < -0.39 is 5.60 Å². The van der Waals surface area contributed by atoms with E-state index in [9.17, 15) is 0 Å². The molecule has 3 heteroatoms. The van der Waals surface area contributed by atoms with Gasteiger partial charge in [-0.25, -0.2) is 0 Å². The van der Waals surface area contributed by atoms with Crippen LogP contribution in [-0.2, 0) is 21.7 Å². The number of nitrogens with zero attached hydrogens (tertiary/aromatic N) is 1. The Morgan fingerprint density at radius 1 is 0.677 bits per heavy atom. The summed E-state index contributed by atoms with van der Waals surface area (Å²) < 4.78 is 11.8. The number of hydrogen-bond donors (Lipinski definition) is 0. The van der Waals surface area contributed by atoms with Crippen molar-refractivity contribution < 1.29 is 9.47 Å². The van der Waals surface area contributed by atoms with Crippen LogP contribution in [0.25, 0.3) is 6.08 Å². The van der Waals surface area contributed by atoms with Crippen LogP contribution < -0.4 is 0 Å². The van der Waals surface area contributed by atoms with E-state index in [-0.39, 0.29) is 0 Å². The first-order valence-corrected chi connectivity index (χ1v) is 10.3. The van der Waals surface area contributed by atoms with Gasteiger partial charge in [0.1, 0.15) is 5.60 Å². The van der Waals surface area contributed by atoms with Gasteiger partial charge in [0, 0.05) is 0 Å². The number of hydrogen-bond acceptors (Lipinski definition) is 3. The summed E-state index contributed by atoms with van der Waals surface area (Å²) in [4.78, 5) is 4.70. The molecule has 0 N–H and O–H groups in total. The SMILES string of the molecule is COC=Cc1cccc(COC(c2ccccc2)(c2ccccc2)c2ccccc2)n1. The van der Waals surface area contributed by atoms with E-state index in [0.29, 0.717) is 6.61 Å². The Hall–Kier alpha value is -3.69. The lowest BCUT2D eigenvalue weighted by Crippen LogP contribution is -2.33. The zero-order valence-corrected chi connectivity index (χ0v) is 17.5. The van der Waals surface area contributed by atoms with E-state index in [1.54, 1.807) is 13.4 Å². The highest BCUT2D eigenvalue weighted by atomic mass is 16.5. The lowest BCUT2D eigenvalue weighted by Gasteiger charge is -2.36. The van der Waals surface area contributed by atoms with Gasteiger partial charge in [-0.2, -0.15) is 0 Å². The molecule has 4 rings (SSSR count). The first-order chi connectivity index (χ1) is 15.3. The van der Waals surface area contributed by atoms with Gasteiger partial charge in [0.2, 0.25) is 0 Å².